The van der Waals surface area contributed by atoms with Gasteiger partial charge in [0.2, 0.25) is 0 Å². The second kappa shape index (κ2) is 4.58. The van der Waals surface area contributed by atoms with Gasteiger partial charge in [-0.15, -0.1) is 11.6 Å². The molecule has 1 heterocycles. The van der Waals surface area contributed by atoms with Crippen molar-refractivity contribution in [3.8, 4) is 0 Å². The van der Waals surface area contributed by atoms with Crippen LogP contribution < -0.4 is 4.90 Å². The summed E-state index contributed by atoms with van der Waals surface area (Å²) in [4.78, 5) is 1.38. The van der Waals surface area contributed by atoms with E-state index in [0.29, 0.717) is 10.6 Å². The van der Waals surface area contributed by atoms with Gasteiger partial charge in [0, 0.05) is 6.42 Å². The van der Waals surface area contributed by atoms with Gasteiger partial charge >= 0.3 is 0 Å². The second-order valence-corrected chi connectivity index (χ2v) is 5.08. The van der Waals surface area contributed by atoms with Crippen molar-refractivity contribution in [3.63, 3.8) is 0 Å². The first kappa shape index (κ1) is 9.69. The zero-order chi connectivity index (χ0) is 8.27. The molecule has 1 saturated heterocycles. The Morgan fingerprint density at radius 3 is 3.09 bits per heavy atom. The molecule has 1 fully saturated rings. The van der Waals surface area contributed by atoms with E-state index >= 15 is 0 Å². The molecular formula is C8H16ClNS. The summed E-state index contributed by atoms with van der Waals surface area (Å²) in [7, 11) is 4.01. The van der Waals surface area contributed by atoms with Gasteiger partial charge in [-0.1, -0.05) is 6.92 Å². The predicted octanol–water partition coefficient (Wildman–Crippen LogP) is 0.796. The highest BCUT2D eigenvalue weighted by molar-refractivity contribution is 8.00. The highest BCUT2D eigenvalue weighted by Crippen LogP contribution is 2.21. The molecule has 1 rings (SSSR count). The molecule has 1 N–H and O–H groups in total. The fourth-order valence-electron chi connectivity index (χ4n) is 1.42. The fourth-order valence-corrected chi connectivity index (χ4v) is 2.96. The molecule has 66 valence electrons. The summed E-state index contributed by atoms with van der Waals surface area (Å²) in [5, 5.41) is 1.01. The molecule has 1 aliphatic heterocycles. The molecular weight excluding hydrogens is 178 g/mol. The quantitative estimate of drug-likeness (QED) is 0.502. The van der Waals surface area contributed by atoms with Gasteiger partial charge in [0.15, 0.2) is 0 Å². The van der Waals surface area contributed by atoms with Crippen molar-refractivity contribution >= 4 is 23.4 Å². The number of hydrogen-bond donors (Lipinski definition) is 1. The van der Waals surface area contributed by atoms with Crippen molar-refractivity contribution in [1.29, 1.82) is 0 Å². The minimum atomic E-state index is 0.380. The van der Waals surface area contributed by atoms with Crippen LogP contribution in [0.25, 0.3) is 0 Å². The molecule has 11 heavy (non-hydrogen) atoms. The molecule has 0 saturated carbocycles. The zero-order valence-corrected chi connectivity index (χ0v) is 8.55. The highest BCUT2D eigenvalue weighted by Gasteiger charge is 2.26. The Morgan fingerprint density at radius 2 is 2.45 bits per heavy atom. The summed E-state index contributed by atoms with van der Waals surface area (Å²) in [6.45, 7) is 4.45. The van der Waals surface area contributed by atoms with E-state index < -0.39 is 0 Å². The number of halogens is 1. The molecule has 0 bridgehead atoms. The van der Waals surface area contributed by atoms with Crippen molar-refractivity contribution in [3.05, 3.63) is 7.05 Å². The van der Waals surface area contributed by atoms with Crippen LogP contribution in [-0.4, -0.2) is 29.5 Å². The third-order valence-corrected chi connectivity index (χ3v) is 3.98. The van der Waals surface area contributed by atoms with Crippen LogP contribution in [0.5, 0.6) is 0 Å². The molecule has 0 aromatic heterocycles. The molecule has 3 unspecified atom stereocenters. The van der Waals surface area contributed by atoms with Gasteiger partial charge in [0.1, 0.15) is 0 Å². The van der Waals surface area contributed by atoms with Gasteiger partial charge < -0.3 is 4.90 Å². The van der Waals surface area contributed by atoms with E-state index in [1.807, 2.05) is 11.8 Å². The highest BCUT2D eigenvalue weighted by atomic mass is 35.5. The lowest BCUT2D eigenvalue weighted by atomic mass is 10.1. The van der Waals surface area contributed by atoms with Crippen molar-refractivity contribution < 1.29 is 4.90 Å². The van der Waals surface area contributed by atoms with Crippen LogP contribution in [0.15, 0.2) is 0 Å². The van der Waals surface area contributed by atoms with Gasteiger partial charge in [0.25, 0.3) is 0 Å². The van der Waals surface area contributed by atoms with Crippen LogP contribution in [-0.2, 0) is 0 Å². The lowest BCUT2D eigenvalue weighted by molar-refractivity contribution is -0.857. The van der Waals surface area contributed by atoms with Crippen molar-refractivity contribution in [1.82, 2.24) is 0 Å². The minimum absolute atomic E-state index is 0.380. The average Bonchev–Trinajstić information content (AvgIpc) is 1.98. The Balaban J connectivity index is 2.34. The largest absolute Gasteiger partial charge is 0.467 e. The number of alkyl halides is 1. The van der Waals surface area contributed by atoms with Crippen LogP contribution in [0.2, 0.25) is 0 Å². The van der Waals surface area contributed by atoms with Crippen LogP contribution in [0.3, 0.4) is 0 Å². The first-order valence-electron chi connectivity index (χ1n) is 4.16. The zero-order valence-electron chi connectivity index (χ0n) is 6.98. The summed E-state index contributed by atoms with van der Waals surface area (Å²) in [5.74, 6) is 1.17. The Labute approximate surface area is 78.5 Å². The van der Waals surface area contributed by atoms with E-state index in [0.717, 1.165) is 19.5 Å². The maximum atomic E-state index is 6.16. The number of likely N-dealkylation sites (tertiary alicyclic amines) is 1. The summed E-state index contributed by atoms with van der Waals surface area (Å²) in [6, 6.07) is 0. The molecule has 0 aliphatic carbocycles. The first-order chi connectivity index (χ1) is 5.24. The summed E-state index contributed by atoms with van der Waals surface area (Å²) in [5.41, 5.74) is 0. The minimum Gasteiger partial charge on any atom is -0.467 e. The maximum absolute atomic E-state index is 6.16. The number of quaternary nitrogens is 1. The average molecular weight is 194 g/mol. The van der Waals surface area contributed by atoms with Gasteiger partial charge in [-0.3, -0.25) is 0 Å². The third-order valence-electron chi connectivity index (χ3n) is 2.05. The molecule has 0 aromatic carbocycles. The number of thioether (sulfide) groups is 1. The Hall–Kier alpha value is 0.600. The standard InChI is InChI=1S/C8H16ClNS/c1-3-11-8-6-10(2)5-4-7(8)9/h7-8,10H,2-6H2,1H3. The monoisotopic (exact) mass is 193 g/mol. The molecule has 1 nitrogen and oxygen atoms in total. The first-order valence-corrected chi connectivity index (χ1v) is 5.65. The molecule has 1 aliphatic rings. The molecule has 0 spiro atoms. The topological polar surface area (TPSA) is 4.44 Å². The fraction of sp³-hybridized carbons (Fsp3) is 0.875. The van der Waals surface area contributed by atoms with Crippen LogP contribution in [0.1, 0.15) is 13.3 Å². The molecule has 0 amide bonds. The molecule has 3 atom stereocenters. The van der Waals surface area contributed by atoms with E-state index in [1.54, 1.807) is 0 Å². The van der Waals surface area contributed by atoms with E-state index in [2.05, 4.69) is 14.0 Å². The van der Waals surface area contributed by atoms with Gasteiger partial charge in [-0.05, 0) is 5.75 Å². The maximum Gasteiger partial charge on any atom is 0.0682 e. The second-order valence-electron chi connectivity index (χ2n) is 3.00. The Morgan fingerprint density at radius 1 is 1.73 bits per heavy atom. The number of piperidine rings is 1. The number of rotatable bonds is 2. The lowest BCUT2D eigenvalue weighted by Crippen LogP contribution is -3.09. The van der Waals surface area contributed by atoms with Gasteiger partial charge in [-0.25, -0.2) is 0 Å². The summed E-state index contributed by atoms with van der Waals surface area (Å²) in [6.07, 6.45) is 1.12. The summed E-state index contributed by atoms with van der Waals surface area (Å²) >= 11 is 8.14. The van der Waals surface area contributed by atoms with Crippen LogP contribution >= 0.6 is 23.4 Å². The molecule has 0 radical (unpaired) electrons. The van der Waals surface area contributed by atoms with E-state index in [-0.39, 0.29) is 0 Å². The Kier molecular flexibility index (Phi) is 4.04. The van der Waals surface area contributed by atoms with Crippen molar-refractivity contribution in [2.75, 3.05) is 18.8 Å². The normalized spacial score (nSPS) is 39.0. The Bertz CT molecular complexity index is 121. The summed E-state index contributed by atoms with van der Waals surface area (Å²) < 4.78 is 0. The lowest BCUT2D eigenvalue weighted by Gasteiger charge is -2.34. The van der Waals surface area contributed by atoms with Gasteiger partial charge in [-0.2, -0.15) is 18.8 Å². The van der Waals surface area contributed by atoms with E-state index in [4.69, 9.17) is 11.6 Å². The predicted molar refractivity (Wildman–Crippen MR) is 52.2 cm³/mol. The van der Waals surface area contributed by atoms with E-state index in [1.165, 1.54) is 10.7 Å². The third kappa shape index (κ3) is 2.85. The number of nitrogens with one attached hydrogen (secondary N) is 1. The van der Waals surface area contributed by atoms with Crippen molar-refractivity contribution in [2.45, 2.75) is 24.0 Å². The molecule has 3 heteroatoms. The van der Waals surface area contributed by atoms with Crippen LogP contribution in [0.4, 0.5) is 0 Å². The van der Waals surface area contributed by atoms with Crippen molar-refractivity contribution in [2.24, 2.45) is 0 Å². The van der Waals surface area contributed by atoms with E-state index in [9.17, 15) is 0 Å². The number of hydrogen-bond acceptors (Lipinski definition) is 1. The molecule has 0 aromatic rings. The van der Waals surface area contributed by atoms with Gasteiger partial charge in [0.05, 0.1) is 23.7 Å². The van der Waals surface area contributed by atoms with Crippen LogP contribution in [0, 0.1) is 7.05 Å². The smallest absolute Gasteiger partial charge is 0.0682 e. The SMILES string of the molecule is [CH2-][NH+]1CCC(Cl)C(SCC)C1.